The maximum Gasteiger partial charge on any atom is 0.313 e. The van der Waals surface area contributed by atoms with E-state index in [0.717, 1.165) is 0 Å². The van der Waals surface area contributed by atoms with E-state index in [1.807, 2.05) is 19.6 Å². The Balaban J connectivity index is 4.44. The van der Waals surface area contributed by atoms with Gasteiger partial charge in [-0.25, -0.2) is 0 Å². The number of hydrogen-bond acceptors (Lipinski definition) is 4. The second-order valence-electron chi connectivity index (χ2n) is 4.69. The van der Waals surface area contributed by atoms with Crippen LogP contribution in [0.1, 0.15) is 19.8 Å². The first-order chi connectivity index (χ1) is 7.80. The maximum absolute atomic E-state index is 11.8. The third kappa shape index (κ3) is 7.87. The number of rotatable bonds is 8. The van der Waals surface area contributed by atoms with Gasteiger partial charge in [0.2, 0.25) is 0 Å². The highest BCUT2D eigenvalue weighted by atomic mass is 28.4. The predicted octanol–water partition coefficient (Wildman–Crippen LogP) is 2.30. The molecule has 4 nitrogen and oxygen atoms in total. The molecule has 1 unspecified atom stereocenters. The van der Waals surface area contributed by atoms with Crippen molar-refractivity contribution in [2.45, 2.75) is 45.5 Å². The number of Topliss-reactive ketones (excluding diaryl/α,β-unsaturated/α-hetero) is 1. The Morgan fingerprint density at radius 1 is 1.35 bits per heavy atom. The Hall–Kier alpha value is -0.943. The highest BCUT2D eigenvalue weighted by molar-refractivity contribution is 6.69. The monoisotopic (exact) mass is 258 g/mol. The standard InChI is InChI=1S/C12H22O4Si/c1-6-8-11(16-17(3,4)5)10(13)9-12(14)15-7-2/h6,11H,1,7-9H2,2-5H3. The number of carbonyl (C=O) groups is 2. The summed E-state index contributed by atoms with van der Waals surface area (Å²) in [4.78, 5) is 23.1. The van der Waals surface area contributed by atoms with Crippen LogP contribution in [0.3, 0.4) is 0 Å². The third-order valence-corrected chi connectivity index (χ3v) is 2.85. The van der Waals surface area contributed by atoms with Crippen molar-refractivity contribution >= 4 is 20.1 Å². The number of hydrogen-bond donors (Lipinski definition) is 0. The molecule has 0 radical (unpaired) electrons. The molecule has 17 heavy (non-hydrogen) atoms. The van der Waals surface area contributed by atoms with Crippen LogP contribution in [0, 0.1) is 0 Å². The molecule has 0 aromatic heterocycles. The van der Waals surface area contributed by atoms with Crippen molar-refractivity contribution in [1.82, 2.24) is 0 Å². The average Bonchev–Trinajstić information content (AvgIpc) is 2.15. The Morgan fingerprint density at radius 2 is 1.94 bits per heavy atom. The van der Waals surface area contributed by atoms with Crippen LogP contribution in [0.15, 0.2) is 12.7 Å². The van der Waals surface area contributed by atoms with Crippen molar-refractivity contribution in [3.05, 3.63) is 12.7 Å². The van der Waals surface area contributed by atoms with Gasteiger partial charge in [0.1, 0.15) is 12.5 Å². The first kappa shape index (κ1) is 16.1. The van der Waals surface area contributed by atoms with Gasteiger partial charge in [-0.05, 0) is 33.0 Å². The zero-order valence-corrected chi connectivity index (χ0v) is 12.1. The van der Waals surface area contributed by atoms with Crippen LogP contribution < -0.4 is 0 Å². The van der Waals surface area contributed by atoms with Gasteiger partial charge in [0.15, 0.2) is 14.1 Å². The van der Waals surface area contributed by atoms with E-state index >= 15 is 0 Å². The van der Waals surface area contributed by atoms with E-state index in [9.17, 15) is 9.59 Å². The van der Waals surface area contributed by atoms with E-state index in [4.69, 9.17) is 9.16 Å². The van der Waals surface area contributed by atoms with E-state index in [1.54, 1.807) is 13.0 Å². The van der Waals surface area contributed by atoms with Crippen molar-refractivity contribution in [2.24, 2.45) is 0 Å². The summed E-state index contributed by atoms with van der Waals surface area (Å²) in [6, 6.07) is 0. The lowest BCUT2D eigenvalue weighted by Crippen LogP contribution is -2.37. The van der Waals surface area contributed by atoms with E-state index in [-0.39, 0.29) is 18.8 Å². The lowest BCUT2D eigenvalue weighted by molar-refractivity contribution is -0.147. The van der Waals surface area contributed by atoms with Crippen LogP contribution in [0.5, 0.6) is 0 Å². The molecule has 0 rings (SSSR count). The fourth-order valence-corrected chi connectivity index (χ4v) is 2.37. The van der Waals surface area contributed by atoms with Gasteiger partial charge in [0.25, 0.3) is 0 Å². The summed E-state index contributed by atoms with van der Waals surface area (Å²) in [5.41, 5.74) is 0. The van der Waals surface area contributed by atoms with Crippen molar-refractivity contribution in [1.29, 1.82) is 0 Å². The van der Waals surface area contributed by atoms with Gasteiger partial charge in [-0.2, -0.15) is 0 Å². The van der Waals surface area contributed by atoms with Crippen LogP contribution in [0.2, 0.25) is 19.6 Å². The topological polar surface area (TPSA) is 52.6 Å². The summed E-state index contributed by atoms with van der Waals surface area (Å²) in [6.45, 7) is 11.6. The van der Waals surface area contributed by atoms with Crippen molar-refractivity contribution in [3.63, 3.8) is 0 Å². The third-order valence-electron chi connectivity index (χ3n) is 1.86. The molecule has 0 aliphatic carbocycles. The molecule has 0 fully saturated rings. The number of esters is 1. The lowest BCUT2D eigenvalue weighted by atomic mass is 10.1. The molecule has 0 bridgehead atoms. The van der Waals surface area contributed by atoms with Gasteiger partial charge in [-0.3, -0.25) is 9.59 Å². The van der Waals surface area contributed by atoms with E-state index < -0.39 is 20.4 Å². The summed E-state index contributed by atoms with van der Waals surface area (Å²) >= 11 is 0. The Labute approximate surface area is 104 Å². The Morgan fingerprint density at radius 3 is 2.35 bits per heavy atom. The molecule has 0 aliphatic rings. The maximum atomic E-state index is 11.8. The minimum atomic E-state index is -1.81. The van der Waals surface area contributed by atoms with Gasteiger partial charge in [0, 0.05) is 0 Å². The molecule has 98 valence electrons. The number of ketones is 1. The molecule has 0 saturated carbocycles. The van der Waals surface area contributed by atoms with Gasteiger partial charge in [-0.15, -0.1) is 6.58 Å². The Bertz CT molecular complexity index is 281. The minimum Gasteiger partial charge on any atom is -0.466 e. The van der Waals surface area contributed by atoms with E-state index in [2.05, 4.69) is 6.58 Å². The lowest BCUT2D eigenvalue weighted by Gasteiger charge is -2.24. The summed E-state index contributed by atoms with van der Waals surface area (Å²) in [5.74, 6) is -0.725. The van der Waals surface area contributed by atoms with Gasteiger partial charge < -0.3 is 9.16 Å². The van der Waals surface area contributed by atoms with Crippen LogP contribution in [-0.4, -0.2) is 32.8 Å². The summed E-state index contributed by atoms with van der Waals surface area (Å²) < 4.78 is 10.5. The zero-order valence-electron chi connectivity index (χ0n) is 11.1. The SMILES string of the molecule is C=CCC(O[Si](C)(C)C)C(=O)CC(=O)OCC. The summed E-state index contributed by atoms with van der Waals surface area (Å²) in [5, 5.41) is 0. The molecular formula is C12H22O4Si. The fourth-order valence-electron chi connectivity index (χ4n) is 1.29. The van der Waals surface area contributed by atoms with Crippen LogP contribution in [0.4, 0.5) is 0 Å². The van der Waals surface area contributed by atoms with Gasteiger partial charge >= 0.3 is 5.97 Å². The molecular weight excluding hydrogens is 236 g/mol. The molecule has 0 heterocycles. The van der Waals surface area contributed by atoms with Crippen molar-refractivity contribution in [2.75, 3.05) is 6.61 Å². The fraction of sp³-hybridized carbons (Fsp3) is 0.667. The zero-order chi connectivity index (χ0) is 13.5. The number of ether oxygens (including phenoxy) is 1. The highest BCUT2D eigenvalue weighted by Gasteiger charge is 2.27. The van der Waals surface area contributed by atoms with Crippen molar-refractivity contribution in [3.8, 4) is 0 Å². The van der Waals surface area contributed by atoms with Crippen molar-refractivity contribution < 1.29 is 18.8 Å². The molecule has 0 saturated heterocycles. The second-order valence-corrected chi connectivity index (χ2v) is 9.15. The molecule has 1 atom stereocenters. The normalized spacial score (nSPS) is 12.9. The van der Waals surface area contributed by atoms with E-state index in [1.165, 1.54) is 0 Å². The minimum absolute atomic E-state index is 0.225. The number of carbonyl (C=O) groups excluding carboxylic acids is 2. The van der Waals surface area contributed by atoms with Crippen LogP contribution in [-0.2, 0) is 18.8 Å². The van der Waals surface area contributed by atoms with Crippen LogP contribution >= 0.6 is 0 Å². The smallest absolute Gasteiger partial charge is 0.313 e. The Kier molecular flexibility index (Phi) is 6.99. The molecule has 0 aromatic carbocycles. The second kappa shape index (κ2) is 7.40. The molecule has 5 heteroatoms. The molecule has 0 spiro atoms. The van der Waals surface area contributed by atoms with E-state index in [0.29, 0.717) is 6.42 Å². The highest BCUT2D eigenvalue weighted by Crippen LogP contribution is 2.13. The largest absolute Gasteiger partial charge is 0.466 e. The first-order valence-electron chi connectivity index (χ1n) is 5.77. The molecule has 0 aliphatic heterocycles. The molecule has 0 N–H and O–H groups in total. The van der Waals surface area contributed by atoms with Gasteiger partial charge in [-0.1, -0.05) is 6.08 Å². The first-order valence-corrected chi connectivity index (χ1v) is 9.18. The average molecular weight is 258 g/mol. The summed E-state index contributed by atoms with van der Waals surface area (Å²) in [6.07, 6.45) is 1.27. The van der Waals surface area contributed by atoms with Gasteiger partial charge in [0.05, 0.1) is 6.61 Å². The quantitative estimate of drug-likeness (QED) is 0.290. The summed E-state index contributed by atoms with van der Waals surface area (Å²) in [7, 11) is -1.81. The predicted molar refractivity (Wildman–Crippen MR) is 69.3 cm³/mol. The molecule has 0 amide bonds. The van der Waals surface area contributed by atoms with Crippen LogP contribution in [0.25, 0.3) is 0 Å². The molecule has 0 aromatic rings.